The van der Waals surface area contributed by atoms with Crippen LogP contribution in [-0.2, 0) is 4.79 Å². The first-order valence-corrected chi connectivity index (χ1v) is 7.68. The molecule has 2 aliphatic heterocycles. The molecule has 0 radical (unpaired) electrons. The molecule has 3 aliphatic rings. The Bertz CT molecular complexity index is 399. The minimum atomic E-state index is 0.168. The van der Waals surface area contributed by atoms with Gasteiger partial charge in [0.15, 0.2) is 5.17 Å². The van der Waals surface area contributed by atoms with Gasteiger partial charge in [0, 0.05) is 18.3 Å². The minimum absolute atomic E-state index is 0.168. The van der Waals surface area contributed by atoms with Crippen LogP contribution in [0, 0.1) is 0 Å². The topological polar surface area (TPSA) is 44.7 Å². The third-order valence-electron chi connectivity index (χ3n) is 3.76. The molecule has 98 valence electrons. The van der Waals surface area contributed by atoms with E-state index < -0.39 is 0 Å². The summed E-state index contributed by atoms with van der Waals surface area (Å²) in [7, 11) is 0. The van der Waals surface area contributed by atoms with E-state index in [0.29, 0.717) is 12.5 Å². The zero-order valence-corrected chi connectivity index (χ0v) is 11.3. The van der Waals surface area contributed by atoms with Crippen molar-refractivity contribution in [3.05, 3.63) is 11.1 Å². The molecule has 1 saturated carbocycles. The highest BCUT2D eigenvalue weighted by Crippen LogP contribution is 2.30. The molecule has 1 aliphatic carbocycles. The Hall–Kier alpha value is -0.970. The summed E-state index contributed by atoms with van der Waals surface area (Å²) in [6.07, 6.45) is 6.63. The quantitative estimate of drug-likeness (QED) is 0.850. The van der Waals surface area contributed by atoms with Gasteiger partial charge in [-0.05, 0) is 18.2 Å². The Balaban J connectivity index is 1.50. The lowest BCUT2D eigenvalue weighted by atomic mass is 9.95. The monoisotopic (exact) mass is 265 g/mol. The van der Waals surface area contributed by atoms with E-state index >= 15 is 0 Å². The van der Waals surface area contributed by atoms with Crippen LogP contribution in [0.15, 0.2) is 16.1 Å². The lowest BCUT2D eigenvalue weighted by molar-refractivity contribution is -0.121. The average Bonchev–Trinajstić information content (AvgIpc) is 2.95. The first kappa shape index (κ1) is 12.1. The van der Waals surface area contributed by atoms with Gasteiger partial charge in [0.25, 0.3) is 0 Å². The lowest BCUT2D eigenvalue weighted by Crippen LogP contribution is -2.37. The van der Waals surface area contributed by atoms with Crippen molar-refractivity contribution >= 4 is 22.8 Å². The fourth-order valence-electron chi connectivity index (χ4n) is 2.81. The second-order valence-corrected chi connectivity index (χ2v) is 5.96. The maximum absolute atomic E-state index is 12.0. The molecule has 0 bridgehead atoms. The minimum Gasteiger partial charge on any atom is -0.353 e. The molecule has 0 saturated heterocycles. The molecule has 3 rings (SSSR count). The van der Waals surface area contributed by atoms with Crippen LogP contribution in [0.25, 0.3) is 0 Å². The van der Waals surface area contributed by atoms with Gasteiger partial charge in [-0.3, -0.25) is 9.79 Å². The Morgan fingerprint density at radius 1 is 1.44 bits per heavy atom. The largest absolute Gasteiger partial charge is 0.353 e. The maximum atomic E-state index is 12.0. The van der Waals surface area contributed by atoms with Gasteiger partial charge in [-0.15, -0.1) is 0 Å². The molecular formula is C13H19N3OS. The van der Waals surface area contributed by atoms with Gasteiger partial charge < -0.3 is 10.2 Å². The Morgan fingerprint density at radius 2 is 2.28 bits per heavy atom. The summed E-state index contributed by atoms with van der Waals surface area (Å²) < 4.78 is 0. The smallest absolute Gasteiger partial charge is 0.226 e. The number of hydrogen-bond donors (Lipinski definition) is 1. The van der Waals surface area contributed by atoms with E-state index in [0.717, 1.165) is 36.8 Å². The summed E-state index contributed by atoms with van der Waals surface area (Å²) in [6.45, 7) is 1.80. The molecule has 2 heterocycles. The number of thioether (sulfide) groups is 1. The lowest BCUT2D eigenvalue weighted by Gasteiger charge is -2.23. The standard InChI is InChI=1S/C13H19N3OS/c17-12(15-10-4-2-1-3-5-10)8-11-9-18-13-14-6-7-16(11)13/h9-10H,1-8H2,(H,15,17). The normalized spacial score (nSPS) is 23.7. The van der Waals surface area contributed by atoms with Crippen molar-refractivity contribution < 1.29 is 4.79 Å². The summed E-state index contributed by atoms with van der Waals surface area (Å²) in [6, 6.07) is 0.410. The maximum Gasteiger partial charge on any atom is 0.226 e. The molecular weight excluding hydrogens is 246 g/mol. The number of carbonyl (C=O) groups excluding carboxylic acids is 1. The molecule has 0 aromatic carbocycles. The molecule has 0 aromatic rings. The molecule has 4 nitrogen and oxygen atoms in total. The van der Waals surface area contributed by atoms with E-state index in [2.05, 4.69) is 20.6 Å². The highest BCUT2D eigenvalue weighted by atomic mass is 32.2. The van der Waals surface area contributed by atoms with Crippen LogP contribution in [0.4, 0.5) is 0 Å². The molecule has 1 fully saturated rings. The van der Waals surface area contributed by atoms with Gasteiger partial charge in [0.05, 0.1) is 13.0 Å². The summed E-state index contributed by atoms with van der Waals surface area (Å²) >= 11 is 1.64. The highest BCUT2D eigenvalue weighted by molar-refractivity contribution is 8.16. The van der Waals surface area contributed by atoms with E-state index in [4.69, 9.17) is 0 Å². The van der Waals surface area contributed by atoms with Crippen molar-refractivity contribution in [3.8, 4) is 0 Å². The molecule has 0 spiro atoms. The van der Waals surface area contributed by atoms with Crippen molar-refractivity contribution in [3.63, 3.8) is 0 Å². The Kier molecular flexibility index (Phi) is 3.59. The summed E-state index contributed by atoms with van der Waals surface area (Å²) in [4.78, 5) is 18.6. The second-order valence-electron chi connectivity index (χ2n) is 5.12. The van der Waals surface area contributed by atoms with Crippen molar-refractivity contribution in [1.82, 2.24) is 10.2 Å². The number of carbonyl (C=O) groups is 1. The van der Waals surface area contributed by atoms with Crippen LogP contribution in [0.5, 0.6) is 0 Å². The SMILES string of the molecule is O=C(CC1=CSC2=NCCN12)NC1CCCCC1. The average molecular weight is 265 g/mol. The number of hydrogen-bond acceptors (Lipinski definition) is 4. The van der Waals surface area contributed by atoms with E-state index in [1.165, 1.54) is 19.3 Å². The predicted octanol–water partition coefficient (Wildman–Crippen LogP) is 2.09. The number of aliphatic imine (C=N–C) groups is 1. The van der Waals surface area contributed by atoms with E-state index in [-0.39, 0.29) is 5.91 Å². The number of amidine groups is 1. The highest BCUT2D eigenvalue weighted by Gasteiger charge is 2.27. The van der Waals surface area contributed by atoms with Crippen molar-refractivity contribution in [1.29, 1.82) is 0 Å². The van der Waals surface area contributed by atoms with Crippen LogP contribution in [0.1, 0.15) is 38.5 Å². The van der Waals surface area contributed by atoms with E-state index in [1.54, 1.807) is 11.8 Å². The van der Waals surface area contributed by atoms with Crippen molar-refractivity contribution in [2.45, 2.75) is 44.6 Å². The molecule has 5 heteroatoms. The first-order chi connectivity index (χ1) is 8.83. The number of fused-ring (bicyclic) bond motifs is 1. The predicted molar refractivity (Wildman–Crippen MR) is 74.3 cm³/mol. The van der Waals surface area contributed by atoms with Crippen LogP contribution < -0.4 is 5.32 Å². The zero-order valence-electron chi connectivity index (χ0n) is 10.5. The van der Waals surface area contributed by atoms with Gasteiger partial charge >= 0.3 is 0 Å². The molecule has 0 aromatic heterocycles. The third kappa shape index (κ3) is 2.55. The first-order valence-electron chi connectivity index (χ1n) is 6.80. The summed E-state index contributed by atoms with van der Waals surface area (Å²) in [5.41, 5.74) is 1.12. The zero-order chi connectivity index (χ0) is 12.4. The number of nitrogens with zero attached hydrogens (tertiary/aromatic N) is 2. The molecule has 1 amide bonds. The van der Waals surface area contributed by atoms with Crippen molar-refractivity contribution in [2.75, 3.05) is 13.1 Å². The number of amides is 1. The second kappa shape index (κ2) is 5.34. The summed E-state index contributed by atoms with van der Waals surface area (Å²) in [5, 5.41) is 6.30. The number of nitrogens with one attached hydrogen (secondary N) is 1. The van der Waals surface area contributed by atoms with Gasteiger partial charge in [-0.2, -0.15) is 0 Å². The van der Waals surface area contributed by atoms with E-state index in [9.17, 15) is 4.79 Å². The summed E-state index contributed by atoms with van der Waals surface area (Å²) in [5.74, 6) is 0.168. The fourth-order valence-corrected chi connectivity index (χ4v) is 3.76. The molecule has 1 N–H and O–H groups in total. The van der Waals surface area contributed by atoms with Crippen molar-refractivity contribution in [2.24, 2.45) is 4.99 Å². The fraction of sp³-hybridized carbons (Fsp3) is 0.692. The molecule has 0 atom stereocenters. The van der Waals surface area contributed by atoms with Crippen LogP contribution in [-0.4, -0.2) is 35.1 Å². The van der Waals surface area contributed by atoms with Crippen LogP contribution in [0.2, 0.25) is 0 Å². The van der Waals surface area contributed by atoms with Crippen LogP contribution >= 0.6 is 11.8 Å². The molecule has 0 unspecified atom stereocenters. The van der Waals surface area contributed by atoms with Crippen LogP contribution in [0.3, 0.4) is 0 Å². The van der Waals surface area contributed by atoms with Gasteiger partial charge in [-0.25, -0.2) is 0 Å². The molecule has 18 heavy (non-hydrogen) atoms. The Morgan fingerprint density at radius 3 is 3.11 bits per heavy atom. The Labute approximate surface area is 112 Å². The third-order valence-corrected chi connectivity index (χ3v) is 4.71. The number of rotatable bonds is 3. The van der Waals surface area contributed by atoms with Gasteiger partial charge in [-0.1, -0.05) is 31.0 Å². The van der Waals surface area contributed by atoms with E-state index in [1.807, 2.05) is 0 Å². The van der Waals surface area contributed by atoms with Gasteiger partial charge in [0.1, 0.15) is 0 Å². The van der Waals surface area contributed by atoms with Gasteiger partial charge in [0.2, 0.25) is 5.91 Å².